The summed E-state index contributed by atoms with van der Waals surface area (Å²) in [5.41, 5.74) is 2.62. The van der Waals surface area contributed by atoms with Crippen molar-refractivity contribution in [1.29, 1.82) is 0 Å². The van der Waals surface area contributed by atoms with Gasteiger partial charge in [0.05, 0.1) is 5.56 Å². The number of piperazine rings is 1. The lowest BCUT2D eigenvalue weighted by atomic mass is 10.1. The van der Waals surface area contributed by atoms with Gasteiger partial charge in [-0.2, -0.15) is 13.2 Å². The second-order valence-corrected chi connectivity index (χ2v) is 6.72. The number of rotatable bonds is 4. The molecule has 0 radical (unpaired) electrons. The van der Waals surface area contributed by atoms with Crippen molar-refractivity contribution in [2.24, 2.45) is 0 Å². The number of anilines is 1. The molecule has 0 aliphatic carbocycles. The lowest BCUT2D eigenvalue weighted by molar-refractivity contribution is -0.137. The first kappa shape index (κ1) is 21.4. The van der Waals surface area contributed by atoms with Crippen LogP contribution in [0, 0.1) is 0 Å². The zero-order valence-electron chi connectivity index (χ0n) is 15.9. The Morgan fingerprint density at radius 2 is 1.60 bits per heavy atom. The first-order valence-corrected chi connectivity index (χ1v) is 9.22. The van der Waals surface area contributed by atoms with E-state index >= 15 is 0 Å². The number of halogens is 3. The van der Waals surface area contributed by atoms with Gasteiger partial charge in [0.25, 0.3) is 11.8 Å². The quantitative estimate of drug-likeness (QED) is 0.454. The molecule has 1 fully saturated rings. The largest absolute Gasteiger partial charge is 0.416 e. The number of nitrogens with one attached hydrogen (secondary N) is 1. The molecule has 2 amide bonds. The molecule has 1 saturated heterocycles. The van der Waals surface area contributed by atoms with E-state index in [1.165, 1.54) is 23.7 Å². The molecular formula is C21H20F3N3O3. The van der Waals surface area contributed by atoms with Gasteiger partial charge in [0, 0.05) is 43.5 Å². The summed E-state index contributed by atoms with van der Waals surface area (Å²) >= 11 is 0. The van der Waals surface area contributed by atoms with Crippen LogP contribution < -0.4 is 10.4 Å². The molecule has 2 N–H and O–H groups in total. The van der Waals surface area contributed by atoms with Gasteiger partial charge in [0.1, 0.15) is 0 Å². The minimum atomic E-state index is -4.44. The number of carbonyl (C=O) groups is 2. The van der Waals surface area contributed by atoms with Crippen LogP contribution in [0.1, 0.15) is 21.5 Å². The Hall–Kier alpha value is -3.33. The summed E-state index contributed by atoms with van der Waals surface area (Å²) in [6.07, 6.45) is -1.64. The van der Waals surface area contributed by atoms with Gasteiger partial charge in [-0.15, -0.1) is 0 Å². The Kier molecular flexibility index (Phi) is 6.41. The third kappa shape index (κ3) is 4.98. The van der Waals surface area contributed by atoms with E-state index in [-0.39, 0.29) is 11.5 Å². The van der Waals surface area contributed by atoms with E-state index in [0.29, 0.717) is 26.2 Å². The third-order valence-corrected chi connectivity index (χ3v) is 4.83. The highest BCUT2D eigenvalue weighted by Crippen LogP contribution is 2.29. The van der Waals surface area contributed by atoms with E-state index in [4.69, 9.17) is 5.21 Å². The number of carbonyl (C=O) groups excluding carboxylic acids is 2. The fourth-order valence-electron chi connectivity index (χ4n) is 3.25. The van der Waals surface area contributed by atoms with Gasteiger partial charge in [-0.25, -0.2) is 5.48 Å². The first-order valence-electron chi connectivity index (χ1n) is 9.22. The zero-order chi connectivity index (χ0) is 21.7. The molecule has 2 aromatic carbocycles. The van der Waals surface area contributed by atoms with Crippen molar-refractivity contribution in [2.45, 2.75) is 6.18 Å². The number of nitrogens with zero attached hydrogens (tertiary/aromatic N) is 2. The lowest BCUT2D eigenvalue weighted by Gasteiger charge is -2.37. The maximum Gasteiger partial charge on any atom is 0.416 e. The van der Waals surface area contributed by atoms with Gasteiger partial charge in [0.2, 0.25) is 0 Å². The molecule has 0 unspecified atom stereocenters. The van der Waals surface area contributed by atoms with Crippen molar-refractivity contribution in [3.8, 4) is 0 Å². The average Bonchev–Trinajstić information content (AvgIpc) is 2.76. The number of benzene rings is 2. The summed E-state index contributed by atoms with van der Waals surface area (Å²) in [4.78, 5) is 27.5. The van der Waals surface area contributed by atoms with E-state index in [9.17, 15) is 22.8 Å². The fraction of sp³-hybridized carbons (Fsp3) is 0.238. The zero-order valence-corrected chi connectivity index (χ0v) is 15.9. The number of hydrogen-bond donors (Lipinski definition) is 2. The Morgan fingerprint density at radius 1 is 0.967 bits per heavy atom. The molecule has 6 nitrogen and oxygen atoms in total. The van der Waals surface area contributed by atoms with Crippen molar-refractivity contribution >= 4 is 23.6 Å². The third-order valence-electron chi connectivity index (χ3n) is 4.83. The Morgan fingerprint density at radius 3 is 2.20 bits per heavy atom. The predicted octanol–water partition coefficient (Wildman–Crippen LogP) is 3.19. The molecule has 1 heterocycles. The Labute approximate surface area is 171 Å². The lowest BCUT2D eigenvalue weighted by Crippen LogP contribution is -2.49. The standard InChI is InChI=1S/C21H20F3N3O3/c22-21(23,24)17-8-5-16(6-9-17)20(29)27-13-11-26(12-14-27)18-4-2-1-3-15(18)7-10-19(28)25-30/h1-10,30H,11-14H2,(H,25,28). The molecule has 0 aromatic heterocycles. The van der Waals surface area contributed by atoms with Gasteiger partial charge in [-0.1, -0.05) is 18.2 Å². The van der Waals surface area contributed by atoms with Crippen LogP contribution in [-0.4, -0.2) is 48.1 Å². The van der Waals surface area contributed by atoms with E-state index in [1.807, 2.05) is 24.3 Å². The van der Waals surface area contributed by atoms with Crippen LogP contribution in [-0.2, 0) is 11.0 Å². The Balaban J connectivity index is 1.66. The van der Waals surface area contributed by atoms with Crippen LogP contribution in [0.25, 0.3) is 6.08 Å². The number of para-hydroxylation sites is 1. The fourth-order valence-corrected chi connectivity index (χ4v) is 3.25. The van der Waals surface area contributed by atoms with Crippen molar-refractivity contribution < 1.29 is 28.0 Å². The van der Waals surface area contributed by atoms with E-state index in [1.54, 1.807) is 11.0 Å². The van der Waals surface area contributed by atoms with Crippen LogP contribution in [0.15, 0.2) is 54.6 Å². The molecule has 30 heavy (non-hydrogen) atoms. The van der Waals surface area contributed by atoms with Crippen molar-refractivity contribution in [1.82, 2.24) is 10.4 Å². The summed E-state index contributed by atoms with van der Waals surface area (Å²) in [6.45, 7) is 1.89. The molecule has 0 atom stereocenters. The molecule has 2 aromatic rings. The van der Waals surface area contributed by atoms with Gasteiger partial charge in [-0.05, 0) is 42.0 Å². The van der Waals surface area contributed by atoms with Crippen LogP contribution in [0.4, 0.5) is 18.9 Å². The summed E-state index contributed by atoms with van der Waals surface area (Å²) in [7, 11) is 0. The van der Waals surface area contributed by atoms with Crippen LogP contribution >= 0.6 is 0 Å². The first-order chi connectivity index (χ1) is 14.3. The molecule has 1 aliphatic rings. The Bertz CT molecular complexity index is 935. The number of amides is 2. The number of hydrogen-bond acceptors (Lipinski definition) is 4. The van der Waals surface area contributed by atoms with E-state index < -0.39 is 17.6 Å². The molecule has 0 bridgehead atoms. The predicted molar refractivity (Wildman–Crippen MR) is 105 cm³/mol. The molecule has 158 valence electrons. The maximum atomic E-state index is 12.7. The minimum Gasteiger partial charge on any atom is -0.367 e. The SMILES string of the molecule is O=C(C=Cc1ccccc1N1CCN(C(=O)c2ccc(C(F)(F)F)cc2)CC1)NO. The second-order valence-electron chi connectivity index (χ2n) is 6.72. The normalized spacial score (nSPS) is 14.8. The van der Waals surface area contributed by atoms with Crippen molar-refractivity contribution in [3.63, 3.8) is 0 Å². The molecule has 9 heteroatoms. The van der Waals surface area contributed by atoms with Gasteiger partial charge >= 0.3 is 6.18 Å². The van der Waals surface area contributed by atoms with Crippen LogP contribution in [0.3, 0.4) is 0 Å². The van der Waals surface area contributed by atoms with Crippen molar-refractivity contribution in [3.05, 3.63) is 71.3 Å². The highest BCUT2D eigenvalue weighted by Gasteiger charge is 2.30. The molecule has 0 spiro atoms. The minimum absolute atomic E-state index is 0.217. The maximum absolute atomic E-state index is 12.7. The summed E-state index contributed by atoms with van der Waals surface area (Å²) in [5.74, 6) is -0.951. The van der Waals surface area contributed by atoms with E-state index in [0.717, 1.165) is 23.4 Å². The summed E-state index contributed by atoms with van der Waals surface area (Å²) < 4.78 is 38.1. The topological polar surface area (TPSA) is 72.9 Å². The summed E-state index contributed by atoms with van der Waals surface area (Å²) in [5, 5.41) is 8.61. The highest BCUT2D eigenvalue weighted by molar-refractivity contribution is 5.94. The summed E-state index contributed by atoms with van der Waals surface area (Å²) in [6, 6.07) is 11.6. The molecule has 1 aliphatic heterocycles. The van der Waals surface area contributed by atoms with Crippen molar-refractivity contribution in [2.75, 3.05) is 31.1 Å². The molecule has 3 rings (SSSR count). The highest BCUT2D eigenvalue weighted by atomic mass is 19.4. The van der Waals surface area contributed by atoms with E-state index in [2.05, 4.69) is 4.90 Å². The average molecular weight is 419 g/mol. The van der Waals surface area contributed by atoms with Crippen LogP contribution in [0.2, 0.25) is 0 Å². The molecule has 0 saturated carbocycles. The smallest absolute Gasteiger partial charge is 0.367 e. The van der Waals surface area contributed by atoms with Gasteiger partial charge in [0.15, 0.2) is 0 Å². The van der Waals surface area contributed by atoms with Gasteiger partial charge < -0.3 is 9.80 Å². The number of alkyl halides is 3. The van der Waals surface area contributed by atoms with Crippen LogP contribution in [0.5, 0.6) is 0 Å². The van der Waals surface area contributed by atoms with Gasteiger partial charge in [-0.3, -0.25) is 14.8 Å². The molecular weight excluding hydrogens is 399 g/mol. The second kappa shape index (κ2) is 9.00. The monoisotopic (exact) mass is 419 g/mol. The number of hydroxylamine groups is 1.